The Hall–Kier alpha value is -2.63. The topological polar surface area (TPSA) is 61.8 Å². The highest BCUT2D eigenvalue weighted by atomic mass is 19.4. The van der Waals surface area contributed by atoms with Crippen LogP contribution in [0.2, 0.25) is 0 Å². The summed E-state index contributed by atoms with van der Waals surface area (Å²) in [5.41, 5.74) is -2.99. The number of halogens is 5. The van der Waals surface area contributed by atoms with Gasteiger partial charge >= 0.3 is 6.18 Å². The number of hydrogen-bond acceptors (Lipinski definition) is 3. The molecule has 0 radical (unpaired) electrons. The standard InChI is InChI=1S/C12H6F5N3O/c13-11(14)8-1-2-20(19-8)9-4-6(5-18)3-7(10(9)21)12(15,16)17/h1-4,11,21H. The summed E-state index contributed by atoms with van der Waals surface area (Å²) in [5.74, 6) is -1.19. The van der Waals surface area contributed by atoms with E-state index in [2.05, 4.69) is 5.10 Å². The molecule has 1 heterocycles. The number of alkyl halides is 5. The number of benzene rings is 1. The minimum atomic E-state index is -4.90. The van der Waals surface area contributed by atoms with E-state index in [1.165, 1.54) is 6.07 Å². The highest BCUT2D eigenvalue weighted by Crippen LogP contribution is 2.39. The van der Waals surface area contributed by atoms with Gasteiger partial charge in [-0.3, -0.25) is 0 Å². The van der Waals surface area contributed by atoms with Gasteiger partial charge in [0.1, 0.15) is 16.9 Å². The molecule has 0 amide bonds. The maximum Gasteiger partial charge on any atom is 0.420 e. The van der Waals surface area contributed by atoms with Crippen molar-refractivity contribution >= 4 is 0 Å². The molecule has 0 aliphatic heterocycles. The number of nitrogens with zero attached hydrogens (tertiary/aromatic N) is 3. The van der Waals surface area contributed by atoms with Crippen LogP contribution < -0.4 is 0 Å². The van der Waals surface area contributed by atoms with Crippen molar-refractivity contribution in [1.82, 2.24) is 9.78 Å². The quantitative estimate of drug-likeness (QED) is 0.865. The van der Waals surface area contributed by atoms with Gasteiger partial charge in [-0.25, -0.2) is 13.5 Å². The Balaban J connectivity index is 2.65. The smallest absolute Gasteiger partial charge is 0.420 e. The number of nitriles is 1. The molecule has 0 spiro atoms. The summed E-state index contributed by atoms with van der Waals surface area (Å²) < 4.78 is 63.9. The Kier molecular flexibility index (Phi) is 3.55. The molecule has 0 fully saturated rings. The molecule has 1 aromatic carbocycles. The van der Waals surface area contributed by atoms with Gasteiger partial charge in [-0.15, -0.1) is 0 Å². The molecule has 9 heteroatoms. The number of aromatic nitrogens is 2. The summed E-state index contributed by atoms with van der Waals surface area (Å²) in [6, 6.07) is 3.80. The number of aromatic hydroxyl groups is 1. The Bertz CT molecular complexity index is 715. The van der Waals surface area contributed by atoms with Crippen molar-refractivity contribution in [2.45, 2.75) is 12.6 Å². The van der Waals surface area contributed by atoms with Crippen molar-refractivity contribution < 1.29 is 27.1 Å². The van der Waals surface area contributed by atoms with Gasteiger partial charge in [0.25, 0.3) is 6.43 Å². The van der Waals surface area contributed by atoms with Gasteiger partial charge in [-0.05, 0) is 18.2 Å². The highest BCUT2D eigenvalue weighted by Gasteiger charge is 2.36. The molecular formula is C12H6F5N3O. The van der Waals surface area contributed by atoms with Gasteiger partial charge in [0.05, 0.1) is 11.6 Å². The predicted molar refractivity (Wildman–Crippen MR) is 59.9 cm³/mol. The summed E-state index contributed by atoms with van der Waals surface area (Å²) in [5, 5.41) is 21.8. The molecule has 110 valence electrons. The lowest BCUT2D eigenvalue weighted by Gasteiger charge is -2.13. The van der Waals surface area contributed by atoms with E-state index in [1.54, 1.807) is 0 Å². The molecule has 21 heavy (non-hydrogen) atoms. The van der Waals surface area contributed by atoms with Crippen LogP contribution in [0.25, 0.3) is 5.69 Å². The van der Waals surface area contributed by atoms with Gasteiger partial charge in [0.2, 0.25) is 0 Å². The summed E-state index contributed by atoms with van der Waals surface area (Å²) in [4.78, 5) is 0. The summed E-state index contributed by atoms with van der Waals surface area (Å²) in [6.45, 7) is 0. The van der Waals surface area contributed by atoms with E-state index < -0.39 is 35.3 Å². The average molecular weight is 303 g/mol. The normalized spacial score (nSPS) is 11.7. The fourth-order valence-corrected chi connectivity index (χ4v) is 1.66. The van der Waals surface area contributed by atoms with E-state index in [0.29, 0.717) is 10.7 Å². The maximum atomic E-state index is 12.8. The monoisotopic (exact) mass is 303 g/mol. The van der Waals surface area contributed by atoms with Crippen molar-refractivity contribution in [1.29, 1.82) is 5.26 Å². The van der Waals surface area contributed by atoms with Crippen LogP contribution in [0, 0.1) is 11.3 Å². The first-order valence-corrected chi connectivity index (χ1v) is 5.42. The van der Waals surface area contributed by atoms with Crippen LogP contribution in [0.4, 0.5) is 22.0 Å². The number of hydrogen-bond donors (Lipinski definition) is 1. The zero-order valence-electron chi connectivity index (χ0n) is 10.1. The summed E-state index contributed by atoms with van der Waals surface area (Å²) >= 11 is 0. The van der Waals surface area contributed by atoms with Crippen molar-refractivity contribution in [2.75, 3.05) is 0 Å². The number of phenolic OH excluding ortho intramolecular Hbond substituents is 1. The van der Waals surface area contributed by atoms with Gasteiger partial charge in [0, 0.05) is 6.20 Å². The first-order chi connectivity index (χ1) is 9.74. The third kappa shape index (κ3) is 2.79. The minimum absolute atomic E-state index is 0.385. The molecular weight excluding hydrogens is 297 g/mol. The zero-order valence-corrected chi connectivity index (χ0v) is 10.1. The number of rotatable bonds is 2. The molecule has 0 bridgehead atoms. The highest BCUT2D eigenvalue weighted by molar-refractivity contribution is 5.56. The third-order valence-corrected chi connectivity index (χ3v) is 2.60. The molecule has 0 aliphatic carbocycles. The fourth-order valence-electron chi connectivity index (χ4n) is 1.66. The predicted octanol–water partition coefficient (Wildman–Crippen LogP) is 3.41. The molecule has 0 unspecified atom stereocenters. The van der Waals surface area contributed by atoms with Crippen molar-refractivity contribution in [2.24, 2.45) is 0 Å². The van der Waals surface area contributed by atoms with Gasteiger partial charge < -0.3 is 5.11 Å². The van der Waals surface area contributed by atoms with Crippen LogP contribution >= 0.6 is 0 Å². The van der Waals surface area contributed by atoms with E-state index in [9.17, 15) is 27.1 Å². The van der Waals surface area contributed by atoms with E-state index in [4.69, 9.17) is 5.26 Å². The summed E-state index contributed by atoms with van der Waals surface area (Å²) in [7, 11) is 0. The van der Waals surface area contributed by atoms with E-state index in [-0.39, 0.29) is 5.56 Å². The lowest BCUT2D eigenvalue weighted by molar-refractivity contribution is -0.138. The van der Waals surface area contributed by atoms with Crippen molar-refractivity contribution in [3.63, 3.8) is 0 Å². The molecule has 4 nitrogen and oxygen atoms in total. The molecule has 2 rings (SSSR count). The molecule has 1 N–H and O–H groups in total. The average Bonchev–Trinajstić information content (AvgIpc) is 2.87. The van der Waals surface area contributed by atoms with Crippen molar-refractivity contribution in [3.05, 3.63) is 41.2 Å². The SMILES string of the molecule is N#Cc1cc(-n2ccc(C(F)F)n2)c(O)c(C(F)(F)F)c1. The van der Waals surface area contributed by atoms with Crippen LogP contribution in [0.5, 0.6) is 5.75 Å². The van der Waals surface area contributed by atoms with E-state index in [0.717, 1.165) is 18.3 Å². The Labute approximate surface area is 114 Å². The summed E-state index contributed by atoms with van der Waals surface area (Å²) in [6.07, 6.45) is -6.84. The molecule has 0 atom stereocenters. The van der Waals surface area contributed by atoms with E-state index >= 15 is 0 Å². The largest absolute Gasteiger partial charge is 0.505 e. The van der Waals surface area contributed by atoms with Crippen LogP contribution in [0.3, 0.4) is 0 Å². The van der Waals surface area contributed by atoms with Gasteiger partial charge in [-0.1, -0.05) is 0 Å². The second-order valence-corrected chi connectivity index (χ2v) is 3.99. The Morgan fingerprint density at radius 1 is 1.29 bits per heavy atom. The fraction of sp³-hybridized carbons (Fsp3) is 0.167. The van der Waals surface area contributed by atoms with Crippen LogP contribution in [-0.4, -0.2) is 14.9 Å². The Morgan fingerprint density at radius 3 is 2.43 bits per heavy atom. The first kappa shape index (κ1) is 14.8. The Morgan fingerprint density at radius 2 is 1.95 bits per heavy atom. The zero-order chi connectivity index (χ0) is 15.8. The lowest BCUT2D eigenvalue weighted by atomic mass is 10.1. The van der Waals surface area contributed by atoms with Gasteiger partial charge in [0.15, 0.2) is 5.75 Å². The lowest BCUT2D eigenvalue weighted by Crippen LogP contribution is -2.08. The first-order valence-electron chi connectivity index (χ1n) is 5.42. The minimum Gasteiger partial charge on any atom is -0.505 e. The molecule has 1 aromatic heterocycles. The van der Waals surface area contributed by atoms with Crippen LogP contribution in [0.15, 0.2) is 24.4 Å². The second-order valence-electron chi connectivity index (χ2n) is 3.99. The van der Waals surface area contributed by atoms with Gasteiger partial charge in [-0.2, -0.15) is 23.5 Å². The third-order valence-electron chi connectivity index (χ3n) is 2.60. The molecule has 0 saturated heterocycles. The molecule has 0 saturated carbocycles. The van der Waals surface area contributed by atoms with E-state index in [1.807, 2.05) is 0 Å². The van der Waals surface area contributed by atoms with Crippen molar-refractivity contribution in [3.8, 4) is 17.5 Å². The van der Waals surface area contributed by atoms with Crippen LogP contribution in [-0.2, 0) is 6.18 Å². The van der Waals surface area contributed by atoms with Crippen LogP contribution in [0.1, 0.15) is 23.2 Å². The maximum absolute atomic E-state index is 12.8. The number of phenols is 1. The molecule has 2 aromatic rings. The second kappa shape index (κ2) is 5.05. The molecule has 0 aliphatic rings.